The van der Waals surface area contributed by atoms with Crippen LogP contribution >= 0.6 is 0 Å². The van der Waals surface area contributed by atoms with Gasteiger partial charge in [-0.1, -0.05) is 45.4 Å². The predicted molar refractivity (Wildman–Crippen MR) is 82.8 cm³/mol. The largest absolute Gasteiger partial charge is 0.508 e. The number of unbranched alkanes of at least 4 members (excludes halogenated alkanes) is 6. The van der Waals surface area contributed by atoms with Gasteiger partial charge >= 0.3 is 5.97 Å². The molecule has 0 aliphatic rings. The average Bonchev–Trinajstić information content (AvgIpc) is 2.45. The Kier molecular flexibility index (Phi) is 7.65. The van der Waals surface area contributed by atoms with Crippen molar-refractivity contribution in [3.63, 3.8) is 0 Å². The Hall–Kier alpha value is -1.71. The lowest BCUT2D eigenvalue weighted by Crippen LogP contribution is -2.06. The lowest BCUT2D eigenvalue weighted by Gasteiger charge is -2.10. The molecule has 21 heavy (non-hydrogen) atoms. The number of aromatic hydroxyl groups is 2. The summed E-state index contributed by atoms with van der Waals surface area (Å²) in [5.74, 6) is -0.816. The van der Waals surface area contributed by atoms with Crippen LogP contribution in [0.4, 0.5) is 0 Å². The quantitative estimate of drug-likeness (QED) is 0.529. The van der Waals surface area contributed by atoms with Crippen LogP contribution in [0.25, 0.3) is 0 Å². The molecule has 0 bridgehead atoms. The number of phenols is 2. The number of ether oxygens (including phenoxy) is 1. The summed E-state index contributed by atoms with van der Waals surface area (Å²) in [5, 5.41) is 19.4. The van der Waals surface area contributed by atoms with Crippen molar-refractivity contribution in [3.05, 3.63) is 23.3 Å². The van der Waals surface area contributed by atoms with Crippen LogP contribution in [-0.4, -0.2) is 23.3 Å². The molecule has 118 valence electrons. The molecule has 1 rings (SSSR count). The molecule has 0 fully saturated rings. The number of phenolic OH excluding ortho intramolecular Hbond substituents is 2. The van der Waals surface area contributed by atoms with Crippen LogP contribution in [0.3, 0.4) is 0 Å². The monoisotopic (exact) mass is 294 g/mol. The van der Waals surface area contributed by atoms with E-state index in [0.717, 1.165) is 12.8 Å². The highest BCUT2D eigenvalue weighted by Gasteiger charge is 2.18. The van der Waals surface area contributed by atoms with E-state index < -0.39 is 5.97 Å². The van der Waals surface area contributed by atoms with Crippen molar-refractivity contribution in [2.75, 3.05) is 7.11 Å². The Morgan fingerprint density at radius 3 is 2.29 bits per heavy atom. The van der Waals surface area contributed by atoms with Crippen LogP contribution in [0, 0.1) is 0 Å². The Balaban J connectivity index is 2.55. The molecule has 1 aromatic rings. The molecule has 4 heteroatoms. The van der Waals surface area contributed by atoms with Crippen molar-refractivity contribution < 1.29 is 19.7 Å². The fraction of sp³-hybridized carbons (Fsp3) is 0.588. The molecule has 0 unspecified atom stereocenters. The van der Waals surface area contributed by atoms with Gasteiger partial charge in [-0.2, -0.15) is 0 Å². The van der Waals surface area contributed by atoms with E-state index >= 15 is 0 Å². The van der Waals surface area contributed by atoms with E-state index in [1.54, 1.807) is 0 Å². The lowest BCUT2D eigenvalue weighted by atomic mass is 9.99. The third-order valence-electron chi connectivity index (χ3n) is 3.62. The zero-order valence-electron chi connectivity index (χ0n) is 13.0. The summed E-state index contributed by atoms with van der Waals surface area (Å²) in [6.45, 7) is 2.20. The van der Waals surface area contributed by atoms with Crippen molar-refractivity contribution in [2.24, 2.45) is 0 Å². The topological polar surface area (TPSA) is 66.8 Å². The van der Waals surface area contributed by atoms with E-state index in [1.807, 2.05) is 0 Å². The summed E-state index contributed by atoms with van der Waals surface area (Å²) >= 11 is 0. The summed E-state index contributed by atoms with van der Waals surface area (Å²) in [6.07, 6.45) is 8.88. The number of methoxy groups -OCH3 is 1. The number of hydrogen-bond donors (Lipinski definition) is 2. The number of rotatable bonds is 9. The number of carbonyl (C=O) groups is 1. The smallest absolute Gasteiger partial charge is 0.341 e. The molecule has 0 heterocycles. The van der Waals surface area contributed by atoms with E-state index in [-0.39, 0.29) is 17.1 Å². The Labute approximate surface area is 126 Å². The normalized spacial score (nSPS) is 10.6. The Bertz CT molecular complexity index is 454. The maximum Gasteiger partial charge on any atom is 0.341 e. The van der Waals surface area contributed by atoms with Gasteiger partial charge in [-0.3, -0.25) is 0 Å². The van der Waals surface area contributed by atoms with Gasteiger partial charge in [0.25, 0.3) is 0 Å². The van der Waals surface area contributed by atoms with Crippen LogP contribution in [0.2, 0.25) is 0 Å². The maximum atomic E-state index is 11.7. The predicted octanol–water partition coefficient (Wildman–Crippen LogP) is 4.18. The molecule has 4 nitrogen and oxygen atoms in total. The highest BCUT2D eigenvalue weighted by atomic mass is 16.5. The van der Waals surface area contributed by atoms with Gasteiger partial charge in [-0.05, 0) is 24.5 Å². The van der Waals surface area contributed by atoms with Gasteiger partial charge in [-0.15, -0.1) is 0 Å². The SMILES string of the molecule is CCCCCCCCCc1cc(O)cc(O)c1C(=O)OC. The molecule has 0 aliphatic heterocycles. The first kappa shape index (κ1) is 17.3. The Morgan fingerprint density at radius 1 is 1.05 bits per heavy atom. The molecule has 0 aliphatic carbocycles. The number of esters is 1. The van der Waals surface area contributed by atoms with Gasteiger partial charge in [0.05, 0.1) is 7.11 Å². The number of benzene rings is 1. The zero-order valence-corrected chi connectivity index (χ0v) is 13.0. The highest BCUT2D eigenvalue weighted by Crippen LogP contribution is 2.29. The number of aryl methyl sites for hydroxylation is 1. The van der Waals surface area contributed by atoms with Crippen molar-refractivity contribution in [3.8, 4) is 11.5 Å². The maximum absolute atomic E-state index is 11.7. The van der Waals surface area contributed by atoms with Gasteiger partial charge in [-0.25, -0.2) is 4.79 Å². The number of carbonyl (C=O) groups excluding carboxylic acids is 1. The lowest BCUT2D eigenvalue weighted by molar-refractivity contribution is 0.0596. The second kappa shape index (κ2) is 9.27. The van der Waals surface area contributed by atoms with Gasteiger partial charge in [0.15, 0.2) is 0 Å². The van der Waals surface area contributed by atoms with Crippen LogP contribution in [0.5, 0.6) is 11.5 Å². The molecular formula is C17H26O4. The van der Waals surface area contributed by atoms with E-state index in [9.17, 15) is 15.0 Å². The first-order valence-electron chi connectivity index (χ1n) is 7.73. The molecular weight excluding hydrogens is 268 g/mol. The third-order valence-corrected chi connectivity index (χ3v) is 3.62. The molecule has 1 aromatic carbocycles. The molecule has 0 saturated carbocycles. The van der Waals surface area contributed by atoms with Crippen molar-refractivity contribution in [2.45, 2.75) is 58.3 Å². The van der Waals surface area contributed by atoms with Gasteiger partial charge in [0, 0.05) is 6.07 Å². The van der Waals surface area contributed by atoms with Crippen molar-refractivity contribution in [1.29, 1.82) is 0 Å². The van der Waals surface area contributed by atoms with Crippen molar-refractivity contribution in [1.82, 2.24) is 0 Å². The molecule has 0 radical (unpaired) electrons. The zero-order chi connectivity index (χ0) is 15.7. The summed E-state index contributed by atoms with van der Waals surface area (Å²) in [6, 6.07) is 2.70. The molecule has 0 spiro atoms. The minimum absolute atomic E-state index is 0.0295. The minimum Gasteiger partial charge on any atom is -0.508 e. The molecule has 0 saturated heterocycles. The molecule has 0 atom stereocenters. The second-order valence-corrected chi connectivity index (χ2v) is 5.36. The second-order valence-electron chi connectivity index (χ2n) is 5.36. The fourth-order valence-electron chi connectivity index (χ4n) is 2.48. The van der Waals surface area contributed by atoms with Crippen LogP contribution in [0.1, 0.15) is 67.8 Å². The summed E-state index contributed by atoms with van der Waals surface area (Å²) in [4.78, 5) is 11.7. The molecule has 0 amide bonds. The van der Waals surface area contributed by atoms with Gasteiger partial charge in [0.2, 0.25) is 0 Å². The standard InChI is InChI=1S/C17H26O4/c1-3-4-5-6-7-8-9-10-13-11-14(18)12-15(19)16(13)17(20)21-2/h11-12,18-19H,3-10H2,1-2H3. The first-order valence-corrected chi connectivity index (χ1v) is 7.73. The molecule has 2 N–H and O–H groups in total. The van der Waals surface area contributed by atoms with E-state index in [2.05, 4.69) is 11.7 Å². The fourth-order valence-corrected chi connectivity index (χ4v) is 2.48. The van der Waals surface area contributed by atoms with Gasteiger partial charge in [0.1, 0.15) is 17.1 Å². The van der Waals surface area contributed by atoms with Crippen molar-refractivity contribution >= 4 is 5.97 Å². The van der Waals surface area contributed by atoms with Crippen LogP contribution in [0.15, 0.2) is 12.1 Å². The summed E-state index contributed by atoms with van der Waals surface area (Å²) in [7, 11) is 1.28. The van der Waals surface area contributed by atoms with Crippen LogP contribution < -0.4 is 0 Å². The summed E-state index contributed by atoms with van der Waals surface area (Å²) < 4.78 is 4.69. The van der Waals surface area contributed by atoms with E-state index in [1.165, 1.54) is 51.3 Å². The average molecular weight is 294 g/mol. The Morgan fingerprint density at radius 2 is 1.67 bits per heavy atom. The summed E-state index contributed by atoms with van der Waals surface area (Å²) in [5.41, 5.74) is 0.814. The number of hydrogen-bond acceptors (Lipinski definition) is 4. The molecule has 0 aromatic heterocycles. The highest BCUT2D eigenvalue weighted by molar-refractivity contribution is 5.94. The van der Waals surface area contributed by atoms with E-state index in [0.29, 0.717) is 12.0 Å². The van der Waals surface area contributed by atoms with Gasteiger partial charge < -0.3 is 14.9 Å². The van der Waals surface area contributed by atoms with E-state index in [4.69, 9.17) is 0 Å². The van der Waals surface area contributed by atoms with Crippen LogP contribution in [-0.2, 0) is 11.2 Å². The third kappa shape index (κ3) is 5.66. The minimum atomic E-state index is -0.564. The first-order chi connectivity index (χ1) is 10.1.